The molecular formula is C10H16N2O3. The van der Waals surface area contributed by atoms with Gasteiger partial charge in [0, 0.05) is 19.6 Å². The molecule has 2 heterocycles. The van der Waals surface area contributed by atoms with Crippen LogP contribution in [0, 0.1) is 0 Å². The van der Waals surface area contributed by atoms with E-state index in [1.54, 1.807) is 9.80 Å². The highest BCUT2D eigenvalue weighted by molar-refractivity contribution is 5.68. The third-order valence-corrected chi connectivity index (χ3v) is 2.94. The first-order chi connectivity index (χ1) is 7.29. The molecule has 5 nitrogen and oxygen atoms in total. The molecule has 0 aromatic rings. The maximum atomic E-state index is 11.5. The first-order valence-electron chi connectivity index (χ1n) is 5.44. The molecule has 0 bridgehead atoms. The molecule has 2 rings (SSSR count). The molecule has 2 fully saturated rings. The number of hydrogen-bond acceptors (Lipinski definition) is 3. The number of piperidine rings is 1. The normalized spacial score (nSPS) is 25.7. The predicted molar refractivity (Wildman–Crippen MR) is 53.3 cm³/mol. The highest BCUT2D eigenvalue weighted by atomic mass is 16.6. The van der Waals surface area contributed by atoms with Gasteiger partial charge in [-0.3, -0.25) is 4.79 Å². The minimum Gasteiger partial charge on any atom is -0.444 e. The number of carbonyl (C=O) groups excluding carboxylic acids is 2. The summed E-state index contributed by atoms with van der Waals surface area (Å²) in [4.78, 5) is 25.4. The van der Waals surface area contributed by atoms with Gasteiger partial charge in [-0.05, 0) is 19.3 Å². The fourth-order valence-electron chi connectivity index (χ4n) is 1.87. The lowest BCUT2D eigenvalue weighted by Gasteiger charge is -2.34. The first kappa shape index (κ1) is 10.3. The van der Waals surface area contributed by atoms with Crippen LogP contribution in [0.3, 0.4) is 0 Å². The topological polar surface area (TPSA) is 49.9 Å². The van der Waals surface area contributed by atoms with Crippen molar-refractivity contribution >= 4 is 12.5 Å². The van der Waals surface area contributed by atoms with Crippen LogP contribution in [0.15, 0.2) is 0 Å². The third-order valence-electron chi connectivity index (χ3n) is 2.94. The fourth-order valence-corrected chi connectivity index (χ4v) is 1.87. The fraction of sp³-hybridized carbons (Fsp3) is 0.800. The van der Waals surface area contributed by atoms with Gasteiger partial charge >= 0.3 is 6.09 Å². The molecule has 5 heteroatoms. The van der Waals surface area contributed by atoms with Crippen LogP contribution in [0.25, 0.3) is 0 Å². The summed E-state index contributed by atoms with van der Waals surface area (Å²) in [5.74, 6) is 0. The van der Waals surface area contributed by atoms with E-state index in [0.29, 0.717) is 6.54 Å². The van der Waals surface area contributed by atoms with E-state index in [0.717, 1.165) is 45.3 Å². The van der Waals surface area contributed by atoms with E-state index in [1.807, 2.05) is 0 Å². The van der Waals surface area contributed by atoms with Gasteiger partial charge in [-0.15, -0.1) is 0 Å². The SMILES string of the molecule is O=CN1CCCC(OC(=O)N2CCC2)C1. The number of rotatable bonds is 2. The van der Waals surface area contributed by atoms with Gasteiger partial charge in [0.15, 0.2) is 0 Å². The zero-order valence-corrected chi connectivity index (χ0v) is 8.72. The quantitative estimate of drug-likeness (QED) is 0.624. The number of hydrogen-bond donors (Lipinski definition) is 0. The molecular weight excluding hydrogens is 196 g/mol. The predicted octanol–water partition coefficient (Wildman–Crippen LogP) is 0.450. The van der Waals surface area contributed by atoms with E-state index >= 15 is 0 Å². The van der Waals surface area contributed by atoms with Gasteiger partial charge in [-0.1, -0.05) is 0 Å². The summed E-state index contributed by atoms with van der Waals surface area (Å²) < 4.78 is 5.31. The minimum absolute atomic E-state index is 0.114. The van der Waals surface area contributed by atoms with Crippen LogP contribution in [-0.2, 0) is 9.53 Å². The van der Waals surface area contributed by atoms with Crippen molar-refractivity contribution < 1.29 is 14.3 Å². The number of nitrogens with zero attached hydrogens (tertiary/aromatic N) is 2. The van der Waals surface area contributed by atoms with E-state index in [-0.39, 0.29) is 12.2 Å². The third kappa shape index (κ3) is 2.40. The Kier molecular flexibility index (Phi) is 3.08. The summed E-state index contributed by atoms with van der Waals surface area (Å²) in [6, 6.07) is 0. The standard InChI is InChI=1S/C10H16N2O3/c13-8-11-4-1-3-9(7-11)15-10(14)12-5-2-6-12/h8-9H,1-7H2. The molecule has 2 aliphatic heterocycles. The van der Waals surface area contributed by atoms with E-state index < -0.39 is 0 Å². The van der Waals surface area contributed by atoms with E-state index in [4.69, 9.17) is 4.74 Å². The van der Waals surface area contributed by atoms with Crippen molar-refractivity contribution in [1.29, 1.82) is 0 Å². The largest absolute Gasteiger partial charge is 0.444 e. The summed E-state index contributed by atoms with van der Waals surface area (Å²) in [6.07, 6.45) is 3.33. The average Bonchev–Trinajstić information content (AvgIpc) is 2.15. The molecule has 0 spiro atoms. The van der Waals surface area contributed by atoms with Gasteiger partial charge in [-0.25, -0.2) is 4.79 Å². The Morgan fingerprint density at radius 2 is 2.07 bits per heavy atom. The Hall–Kier alpha value is -1.26. The molecule has 0 aromatic carbocycles. The van der Waals surface area contributed by atoms with Crippen LogP contribution in [0.4, 0.5) is 4.79 Å². The zero-order valence-electron chi connectivity index (χ0n) is 8.72. The molecule has 0 radical (unpaired) electrons. The summed E-state index contributed by atoms with van der Waals surface area (Å²) in [7, 11) is 0. The highest BCUT2D eigenvalue weighted by Gasteiger charge is 2.27. The molecule has 2 aliphatic rings. The Morgan fingerprint density at radius 3 is 2.67 bits per heavy atom. The molecule has 2 saturated heterocycles. The van der Waals surface area contributed by atoms with Gasteiger partial charge < -0.3 is 14.5 Å². The van der Waals surface area contributed by atoms with Gasteiger partial charge in [0.1, 0.15) is 6.10 Å². The molecule has 0 N–H and O–H groups in total. The molecule has 2 amide bonds. The van der Waals surface area contributed by atoms with Crippen LogP contribution in [0.1, 0.15) is 19.3 Å². The second-order valence-electron chi connectivity index (χ2n) is 4.09. The first-order valence-corrected chi connectivity index (χ1v) is 5.44. The molecule has 0 aromatic heterocycles. The van der Waals surface area contributed by atoms with E-state index in [9.17, 15) is 9.59 Å². The van der Waals surface area contributed by atoms with Gasteiger partial charge in [0.2, 0.25) is 6.41 Å². The number of carbonyl (C=O) groups is 2. The smallest absolute Gasteiger partial charge is 0.410 e. The van der Waals surface area contributed by atoms with Crippen molar-refractivity contribution in [2.75, 3.05) is 26.2 Å². The van der Waals surface area contributed by atoms with Crippen LogP contribution < -0.4 is 0 Å². The highest BCUT2D eigenvalue weighted by Crippen LogP contribution is 2.15. The Bertz CT molecular complexity index is 253. The summed E-state index contributed by atoms with van der Waals surface area (Å²) >= 11 is 0. The number of likely N-dealkylation sites (tertiary alicyclic amines) is 2. The van der Waals surface area contributed by atoms with E-state index in [2.05, 4.69) is 0 Å². The minimum atomic E-state index is -0.223. The van der Waals surface area contributed by atoms with Crippen molar-refractivity contribution in [3.8, 4) is 0 Å². The molecule has 15 heavy (non-hydrogen) atoms. The van der Waals surface area contributed by atoms with Crippen molar-refractivity contribution in [2.24, 2.45) is 0 Å². The maximum Gasteiger partial charge on any atom is 0.410 e. The summed E-state index contributed by atoms with van der Waals surface area (Å²) in [5, 5.41) is 0. The molecule has 1 atom stereocenters. The second-order valence-corrected chi connectivity index (χ2v) is 4.09. The molecule has 0 aliphatic carbocycles. The summed E-state index contributed by atoms with van der Waals surface area (Å²) in [6.45, 7) is 2.94. The van der Waals surface area contributed by atoms with Crippen molar-refractivity contribution in [2.45, 2.75) is 25.4 Å². The average molecular weight is 212 g/mol. The molecule has 84 valence electrons. The summed E-state index contributed by atoms with van der Waals surface area (Å²) in [5.41, 5.74) is 0. The van der Waals surface area contributed by atoms with Crippen molar-refractivity contribution in [3.05, 3.63) is 0 Å². The lowest BCUT2D eigenvalue weighted by atomic mass is 10.1. The van der Waals surface area contributed by atoms with Gasteiger partial charge in [0.05, 0.1) is 6.54 Å². The van der Waals surface area contributed by atoms with Gasteiger partial charge in [0.25, 0.3) is 0 Å². The lowest BCUT2D eigenvalue weighted by Crippen LogP contribution is -2.46. The van der Waals surface area contributed by atoms with Crippen LogP contribution in [0.2, 0.25) is 0 Å². The van der Waals surface area contributed by atoms with Crippen LogP contribution >= 0.6 is 0 Å². The Labute approximate surface area is 89.0 Å². The molecule has 0 saturated carbocycles. The van der Waals surface area contributed by atoms with E-state index in [1.165, 1.54) is 0 Å². The number of amides is 2. The molecule has 1 unspecified atom stereocenters. The maximum absolute atomic E-state index is 11.5. The monoisotopic (exact) mass is 212 g/mol. The lowest BCUT2D eigenvalue weighted by molar-refractivity contribution is -0.121. The Morgan fingerprint density at radius 1 is 1.27 bits per heavy atom. The Balaban J connectivity index is 1.77. The zero-order chi connectivity index (χ0) is 10.7. The van der Waals surface area contributed by atoms with Crippen LogP contribution in [-0.4, -0.2) is 54.6 Å². The second kappa shape index (κ2) is 4.51. The van der Waals surface area contributed by atoms with Gasteiger partial charge in [-0.2, -0.15) is 0 Å². The van der Waals surface area contributed by atoms with Crippen molar-refractivity contribution in [3.63, 3.8) is 0 Å². The van der Waals surface area contributed by atoms with Crippen molar-refractivity contribution in [1.82, 2.24) is 9.80 Å². The van der Waals surface area contributed by atoms with Crippen LogP contribution in [0.5, 0.6) is 0 Å². The number of ether oxygens (including phenoxy) is 1.